The molecule has 12 nitrogen and oxygen atoms in total. The maximum absolute atomic E-state index is 6.58. The molecule has 6 aliphatic rings. The molecule has 0 N–H and O–H groups in total. The first-order chi connectivity index (χ1) is 21.6. The monoisotopic (exact) mass is 648 g/mol. The van der Waals surface area contributed by atoms with Crippen LogP contribution in [-0.2, 0) is 70.1 Å². The molecule has 6 saturated heterocycles. The van der Waals surface area contributed by atoms with E-state index in [2.05, 4.69) is 12.6 Å². The SMILES string of the molecule is C=Cc1cc(CO[C@@H]2[C@H]3OC(C)(C)O[C@H]3O[C@@H]2[C@H]2COC(C)(C)O2)cc(CO[C@@H]2[C@H]3OC(C)(C)O[C@H]3O[C@@H]2[C@H]2COC(C)(C)O2)c1. The summed E-state index contributed by atoms with van der Waals surface area (Å²) in [5, 5.41) is 0. The molecule has 0 radical (unpaired) electrons. The second-order valence-corrected chi connectivity index (χ2v) is 14.7. The fourth-order valence-electron chi connectivity index (χ4n) is 7.20. The van der Waals surface area contributed by atoms with Crippen LogP contribution in [0.3, 0.4) is 0 Å². The van der Waals surface area contributed by atoms with E-state index in [1.807, 2.05) is 73.6 Å². The first-order valence-corrected chi connectivity index (χ1v) is 16.2. The number of rotatable bonds is 9. The van der Waals surface area contributed by atoms with E-state index in [0.29, 0.717) is 26.4 Å². The number of hydrogen-bond acceptors (Lipinski definition) is 12. The normalized spacial score (nSPS) is 41.6. The summed E-state index contributed by atoms with van der Waals surface area (Å²) in [5.74, 6) is -2.97. The molecule has 7 rings (SSSR count). The van der Waals surface area contributed by atoms with Gasteiger partial charge in [0.05, 0.1) is 26.4 Å². The molecular formula is C34H48O12. The molecule has 6 fully saturated rings. The Labute approximate surface area is 270 Å². The van der Waals surface area contributed by atoms with Crippen molar-refractivity contribution in [3.05, 3.63) is 41.5 Å². The summed E-state index contributed by atoms with van der Waals surface area (Å²) in [5.41, 5.74) is 2.85. The molecule has 256 valence electrons. The van der Waals surface area contributed by atoms with Crippen LogP contribution < -0.4 is 0 Å². The summed E-state index contributed by atoms with van der Waals surface area (Å²) in [4.78, 5) is 0. The zero-order chi connectivity index (χ0) is 32.6. The first-order valence-electron chi connectivity index (χ1n) is 16.2. The molecular weight excluding hydrogens is 600 g/mol. The Morgan fingerprint density at radius 2 is 1.04 bits per heavy atom. The van der Waals surface area contributed by atoms with Crippen LogP contribution in [0.5, 0.6) is 0 Å². The van der Waals surface area contributed by atoms with E-state index in [1.165, 1.54) is 0 Å². The van der Waals surface area contributed by atoms with Gasteiger partial charge in [-0.05, 0) is 84.2 Å². The van der Waals surface area contributed by atoms with E-state index < -0.39 is 72.4 Å². The molecule has 0 unspecified atom stereocenters. The molecule has 0 aromatic heterocycles. The van der Waals surface area contributed by atoms with E-state index >= 15 is 0 Å². The van der Waals surface area contributed by atoms with Crippen molar-refractivity contribution in [2.45, 2.75) is 153 Å². The first kappa shape index (κ1) is 33.0. The third kappa shape index (κ3) is 6.70. The van der Waals surface area contributed by atoms with Gasteiger partial charge in [0.25, 0.3) is 0 Å². The minimum absolute atomic E-state index is 0.302. The smallest absolute Gasteiger partial charge is 0.190 e. The second kappa shape index (κ2) is 11.8. The van der Waals surface area contributed by atoms with Gasteiger partial charge in [0.15, 0.2) is 35.7 Å². The highest BCUT2D eigenvalue weighted by Gasteiger charge is 2.60. The van der Waals surface area contributed by atoms with Crippen molar-refractivity contribution in [2.75, 3.05) is 13.2 Å². The van der Waals surface area contributed by atoms with Gasteiger partial charge in [-0.3, -0.25) is 0 Å². The number of ether oxygens (including phenoxy) is 12. The van der Waals surface area contributed by atoms with Crippen molar-refractivity contribution in [3.63, 3.8) is 0 Å². The van der Waals surface area contributed by atoms with Gasteiger partial charge in [-0.15, -0.1) is 0 Å². The second-order valence-electron chi connectivity index (χ2n) is 14.7. The summed E-state index contributed by atoms with van der Waals surface area (Å²) >= 11 is 0. The standard InChI is InChI=1S/C34H48O12/c1-10-18-11-19(14-35-25-23(21-16-37-31(2,3)41-21)39-29-27(25)43-33(6,7)45-29)13-20(12-18)15-36-26-24(22-17-38-32(4,5)42-22)40-30-28(26)44-34(8,9)46-30/h10-13,21-30H,1,14-17H2,2-9H3/t21-,22-,23-,24-,25+,26+,27-,28-,29-,30-/m1/s1. The zero-order valence-corrected chi connectivity index (χ0v) is 28.0. The van der Waals surface area contributed by atoms with Crippen LogP contribution >= 0.6 is 0 Å². The van der Waals surface area contributed by atoms with E-state index in [0.717, 1.165) is 16.7 Å². The van der Waals surface area contributed by atoms with Crippen molar-refractivity contribution in [1.29, 1.82) is 0 Å². The Hall–Kier alpha value is -1.52. The molecule has 1 aromatic rings. The lowest BCUT2D eigenvalue weighted by molar-refractivity contribution is -0.236. The molecule has 0 saturated carbocycles. The Bertz CT molecular complexity index is 1200. The maximum atomic E-state index is 6.58. The third-order valence-electron chi connectivity index (χ3n) is 9.04. The average Bonchev–Trinajstić information content (AvgIpc) is 3.77. The molecule has 6 heterocycles. The van der Waals surface area contributed by atoms with E-state index in [9.17, 15) is 0 Å². The van der Waals surface area contributed by atoms with Gasteiger partial charge in [-0.2, -0.15) is 0 Å². The van der Waals surface area contributed by atoms with E-state index in [1.54, 1.807) is 0 Å². The van der Waals surface area contributed by atoms with Crippen LogP contribution in [-0.4, -0.2) is 97.8 Å². The van der Waals surface area contributed by atoms with Gasteiger partial charge in [0.1, 0.15) is 48.8 Å². The molecule has 6 aliphatic heterocycles. The molecule has 0 amide bonds. The molecule has 12 heteroatoms. The van der Waals surface area contributed by atoms with Crippen molar-refractivity contribution in [1.82, 2.24) is 0 Å². The highest BCUT2D eigenvalue weighted by atomic mass is 16.9. The van der Waals surface area contributed by atoms with Gasteiger partial charge in [-0.25, -0.2) is 0 Å². The molecule has 46 heavy (non-hydrogen) atoms. The van der Waals surface area contributed by atoms with Gasteiger partial charge in [0.2, 0.25) is 0 Å². The largest absolute Gasteiger partial charge is 0.368 e. The molecule has 0 bridgehead atoms. The average molecular weight is 649 g/mol. The van der Waals surface area contributed by atoms with Crippen LogP contribution in [0.1, 0.15) is 72.1 Å². The van der Waals surface area contributed by atoms with Gasteiger partial charge in [0, 0.05) is 0 Å². The fraction of sp³-hybridized carbons (Fsp3) is 0.765. The maximum Gasteiger partial charge on any atom is 0.190 e. The highest BCUT2D eigenvalue weighted by molar-refractivity contribution is 5.50. The summed E-state index contributed by atoms with van der Waals surface area (Å²) in [6.45, 7) is 20.4. The number of benzene rings is 1. The van der Waals surface area contributed by atoms with E-state index in [4.69, 9.17) is 56.8 Å². The lowest BCUT2D eigenvalue weighted by Crippen LogP contribution is -2.44. The molecule has 10 atom stereocenters. The third-order valence-corrected chi connectivity index (χ3v) is 9.04. The predicted molar refractivity (Wildman–Crippen MR) is 161 cm³/mol. The number of fused-ring (bicyclic) bond motifs is 2. The molecule has 0 aliphatic carbocycles. The summed E-state index contributed by atoms with van der Waals surface area (Å²) in [7, 11) is 0. The van der Waals surface area contributed by atoms with Crippen molar-refractivity contribution in [3.8, 4) is 0 Å². The predicted octanol–water partition coefficient (Wildman–Crippen LogP) is 4.16. The Kier molecular flexibility index (Phi) is 8.48. The summed E-state index contributed by atoms with van der Waals surface area (Å²) in [6, 6.07) is 6.17. The summed E-state index contributed by atoms with van der Waals surface area (Å²) in [6.07, 6.45) is -2.47. The van der Waals surface area contributed by atoms with Gasteiger partial charge < -0.3 is 56.8 Å². The lowest BCUT2D eigenvalue weighted by atomic mass is 10.0. The van der Waals surface area contributed by atoms with Crippen molar-refractivity contribution >= 4 is 6.08 Å². The minimum Gasteiger partial charge on any atom is -0.368 e. The van der Waals surface area contributed by atoms with Crippen LogP contribution in [0.15, 0.2) is 24.8 Å². The Morgan fingerprint density at radius 3 is 1.41 bits per heavy atom. The Balaban J connectivity index is 1.06. The van der Waals surface area contributed by atoms with E-state index in [-0.39, 0.29) is 12.2 Å². The molecule has 1 aromatic carbocycles. The van der Waals surface area contributed by atoms with Crippen LogP contribution in [0.2, 0.25) is 0 Å². The fourth-order valence-corrected chi connectivity index (χ4v) is 7.20. The van der Waals surface area contributed by atoms with Gasteiger partial charge >= 0.3 is 0 Å². The van der Waals surface area contributed by atoms with Crippen molar-refractivity contribution < 1.29 is 56.8 Å². The van der Waals surface area contributed by atoms with Gasteiger partial charge in [-0.1, -0.05) is 18.7 Å². The number of hydrogen-bond donors (Lipinski definition) is 0. The highest BCUT2D eigenvalue weighted by Crippen LogP contribution is 2.44. The van der Waals surface area contributed by atoms with Crippen molar-refractivity contribution in [2.24, 2.45) is 0 Å². The zero-order valence-electron chi connectivity index (χ0n) is 28.0. The summed E-state index contributed by atoms with van der Waals surface area (Å²) < 4.78 is 74.3. The van der Waals surface area contributed by atoms with Crippen LogP contribution in [0.4, 0.5) is 0 Å². The van der Waals surface area contributed by atoms with Crippen LogP contribution in [0, 0.1) is 0 Å². The Morgan fingerprint density at radius 1 is 0.609 bits per heavy atom. The quantitative estimate of drug-likeness (QED) is 0.384. The topological polar surface area (TPSA) is 111 Å². The van der Waals surface area contributed by atoms with Crippen LogP contribution in [0.25, 0.3) is 6.08 Å². The lowest BCUT2D eigenvalue weighted by Gasteiger charge is -2.29. The minimum atomic E-state index is -0.781. The molecule has 0 spiro atoms.